The quantitative estimate of drug-likeness (QED) is 0.578. The first-order chi connectivity index (χ1) is 12.1. The van der Waals surface area contributed by atoms with Crippen LogP contribution in [0.3, 0.4) is 0 Å². The molecule has 0 saturated heterocycles. The van der Waals surface area contributed by atoms with Crippen LogP contribution in [0.15, 0.2) is 23.2 Å². The predicted molar refractivity (Wildman–Crippen MR) is 108 cm³/mol. The van der Waals surface area contributed by atoms with Crippen LogP contribution in [0.25, 0.3) is 0 Å². The Bertz CT molecular complexity index is 619. The zero-order chi connectivity index (χ0) is 19.7. The number of guanidine groups is 1. The Morgan fingerprint density at radius 3 is 2.50 bits per heavy atom. The highest BCUT2D eigenvalue weighted by Crippen LogP contribution is 2.25. The molecule has 0 fully saturated rings. The van der Waals surface area contributed by atoms with E-state index in [0.29, 0.717) is 12.5 Å². The van der Waals surface area contributed by atoms with Gasteiger partial charge in [0, 0.05) is 26.2 Å². The van der Waals surface area contributed by atoms with E-state index in [4.69, 9.17) is 4.74 Å². The number of benzene rings is 1. The maximum atomic E-state index is 11.8. The van der Waals surface area contributed by atoms with Gasteiger partial charge in [0.1, 0.15) is 11.4 Å². The van der Waals surface area contributed by atoms with Crippen LogP contribution in [0.5, 0.6) is 5.75 Å². The van der Waals surface area contributed by atoms with E-state index in [0.717, 1.165) is 29.8 Å². The van der Waals surface area contributed by atoms with E-state index < -0.39 is 0 Å². The molecule has 2 N–H and O–H groups in total. The molecule has 6 nitrogen and oxygen atoms in total. The average Bonchev–Trinajstić information content (AvgIpc) is 2.53. The molecule has 146 valence electrons. The van der Waals surface area contributed by atoms with Crippen molar-refractivity contribution in [2.24, 2.45) is 4.99 Å². The normalized spacial score (nSPS) is 11.9. The molecule has 0 atom stereocenters. The molecule has 1 aromatic carbocycles. The molecule has 0 radical (unpaired) electrons. The highest BCUT2D eigenvalue weighted by Gasteiger charge is 2.15. The van der Waals surface area contributed by atoms with Crippen LogP contribution >= 0.6 is 0 Å². The van der Waals surface area contributed by atoms with Gasteiger partial charge < -0.3 is 20.3 Å². The number of carbonyl (C=O) groups is 1. The van der Waals surface area contributed by atoms with Crippen molar-refractivity contribution in [1.29, 1.82) is 0 Å². The van der Waals surface area contributed by atoms with Crippen molar-refractivity contribution >= 4 is 11.9 Å². The first-order valence-corrected chi connectivity index (χ1v) is 9.13. The molecule has 0 aliphatic heterocycles. The zero-order valence-electron chi connectivity index (χ0n) is 17.3. The summed E-state index contributed by atoms with van der Waals surface area (Å²) in [5, 5.41) is 6.33. The summed E-state index contributed by atoms with van der Waals surface area (Å²) in [5.41, 5.74) is 1.89. The third kappa shape index (κ3) is 8.23. The molecule has 0 aromatic heterocycles. The second-order valence-corrected chi connectivity index (χ2v) is 7.56. The van der Waals surface area contributed by atoms with Crippen LogP contribution < -0.4 is 15.4 Å². The van der Waals surface area contributed by atoms with Gasteiger partial charge in [-0.2, -0.15) is 0 Å². The summed E-state index contributed by atoms with van der Waals surface area (Å²) in [6.07, 6.45) is 0.977. The number of carbonyl (C=O) groups excluding carboxylic acids is 1. The Kier molecular flexibility index (Phi) is 8.42. The summed E-state index contributed by atoms with van der Waals surface area (Å²) in [6.45, 7) is 11.7. The molecule has 0 spiro atoms. The lowest BCUT2D eigenvalue weighted by atomic mass is 10.1. The molecule has 0 unspecified atom stereocenters. The van der Waals surface area contributed by atoms with Gasteiger partial charge in [0.15, 0.2) is 5.96 Å². The maximum Gasteiger partial charge on any atom is 0.241 e. The molecule has 0 saturated carbocycles. The van der Waals surface area contributed by atoms with Crippen molar-refractivity contribution < 1.29 is 9.53 Å². The van der Waals surface area contributed by atoms with E-state index in [1.165, 1.54) is 0 Å². The molecular formula is C20H34N4O2. The van der Waals surface area contributed by atoms with Crippen LogP contribution in [0, 0.1) is 6.92 Å². The largest absolute Gasteiger partial charge is 0.488 e. The molecule has 1 rings (SSSR count). The first-order valence-electron chi connectivity index (χ1n) is 9.13. The van der Waals surface area contributed by atoms with Gasteiger partial charge in [-0.15, -0.1) is 0 Å². The van der Waals surface area contributed by atoms with Crippen LogP contribution in [0.4, 0.5) is 0 Å². The summed E-state index contributed by atoms with van der Waals surface area (Å²) in [5.74, 6) is 1.48. The highest BCUT2D eigenvalue weighted by atomic mass is 16.5. The molecule has 0 bridgehead atoms. The molecule has 0 aliphatic rings. The summed E-state index contributed by atoms with van der Waals surface area (Å²) in [4.78, 5) is 18.0. The second-order valence-electron chi connectivity index (χ2n) is 7.56. The molecular weight excluding hydrogens is 328 g/mol. The van der Waals surface area contributed by atoms with Crippen molar-refractivity contribution in [3.05, 3.63) is 29.3 Å². The number of hydrogen-bond donors (Lipinski definition) is 2. The van der Waals surface area contributed by atoms with E-state index >= 15 is 0 Å². The van der Waals surface area contributed by atoms with Gasteiger partial charge in [0.05, 0.1) is 13.1 Å². The SMILES string of the molecule is CCCNC(=NCc1ccc(C)cc1OC(C)(C)C)NCC(=O)N(C)C. The minimum Gasteiger partial charge on any atom is -0.488 e. The number of nitrogens with zero attached hydrogens (tertiary/aromatic N) is 2. The van der Waals surface area contributed by atoms with Gasteiger partial charge in [-0.05, 0) is 45.7 Å². The summed E-state index contributed by atoms with van der Waals surface area (Å²) in [7, 11) is 3.48. The Morgan fingerprint density at radius 1 is 1.23 bits per heavy atom. The third-order valence-electron chi connectivity index (χ3n) is 3.49. The standard InChI is InChI=1S/C20H34N4O2/c1-8-11-21-19(23-14-18(25)24(6)7)22-13-16-10-9-15(2)12-17(16)26-20(3,4)5/h9-10,12H,8,11,13-14H2,1-7H3,(H2,21,22,23). The van der Waals surface area contributed by atoms with Crippen molar-refractivity contribution in [2.75, 3.05) is 27.2 Å². The van der Waals surface area contributed by atoms with Gasteiger partial charge in [-0.1, -0.05) is 19.1 Å². The number of likely N-dealkylation sites (N-methyl/N-ethyl adjacent to an activating group) is 1. The van der Waals surface area contributed by atoms with Crippen LogP contribution in [-0.4, -0.2) is 49.6 Å². The van der Waals surface area contributed by atoms with Gasteiger partial charge in [-0.3, -0.25) is 4.79 Å². The van der Waals surface area contributed by atoms with E-state index in [2.05, 4.69) is 28.6 Å². The van der Waals surface area contributed by atoms with Crippen molar-refractivity contribution in [2.45, 2.75) is 53.2 Å². The smallest absolute Gasteiger partial charge is 0.241 e. The average molecular weight is 363 g/mol. The lowest BCUT2D eigenvalue weighted by Crippen LogP contribution is -2.43. The fourth-order valence-electron chi connectivity index (χ4n) is 2.12. The van der Waals surface area contributed by atoms with Gasteiger partial charge in [-0.25, -0.2) is 4.99 Å². The lowest BCUT2D eigenvalue weighted by molar-refractivity contribution is -0.127. The Balaban J connectivity index is 2.91. The number of aryl methyl sites for hydroxylation is 1. The van der Waals surface area contributed by atoms with E-state index in [9.17, 15) is 4.79 Å². The number of hydrogen-bond acceptors (Lipinski definition) is 3. The Hall–Kier alpha value is -2.24. The van der Waals surface area contributed by atoms with E-state index in [1.54, 1.807) is 19.0 Å². The monoisotopic (exact) mass is 362 g/mol. The fraction of sp³-hybridized carbons (Fsp3) is 0.600. The summed E-state index contributed by atoms with van der Waals surface area (Å²) >= 11 is 0. The molecule has 0 aliphatic carbocycles. The first kappa shape index (κ1) is 21.8. The van der Waals surface area contributed by atoms with Gasteiger partial charge in [0.2, 0.25) is 5.91 Å². The van der Waals surface area contributed by atoms with Crippen molar-refractivity contribution in [3.8, 4) is 5.75 Å². The number of ether oxygens (including phenoxy) is 1. The lowest BCUT2D eigenvalue weighted by Gasteiger charge is -2.23. The topological polar surface area (TPSA) is 66.0 Å². The summed E-state index contributed by atoms with van der Waals surface area (Å²) < 4.78 is 6.09. The Morgan fingerprint density at radius 2 is 1.92 bits per heavy atom. The number of amides is 1. The third-order valence-corrected chi connectivity index (χ3v) is 3.49. The predicted octanol–water partition coefficient (Wildman–Crippen LogP) is 2.71. The van der Waals surface area contributed by atoms with Crippen LogP contribution in [0.1, 0.15) is 45.2 Å². The number of aliphatic imine (C=N–C) groups is 1. The second kappa shape index (κ2) is 10.0. The van der Waals surface area contributed by atoms with Crippen LogP contribution in [-0.2, 0) is 11.3 Å². The van der Waals surface area contributed by atoms with Gasteiger partial charge >= 0.3 is 0 Å². The molecule has 1 aromatic rings. The van der Waals surface area contributed by atoms with E-state index in [-0.39, 0.29) is 18.1 Å². The number of nitrogens with one attached hydrogen (secondary N) is 2. The molecule has 0 heterocycles. The Labute approximate surface area is 158 Å². The maximum absolute atomic E-state index is 11.8. The minimum atomic E-state index is -0.272. The van der Waals surface area contributed by atoms with Crippen LogP contribution in [0.2, 0.25) is 0 Å². The van der Waals surface area contributed by atoms with Crippen molar-refractivity contribution in [3.63, 3.8) is 0 Å². The molecule has 6 heteroatoms. The summed E-state index contributed by atoms with van der Waals surface area (Å²) in [6, 6.07) is 6.14. The van der Waals surface area contributed by atoms with Crippen molar-refractivity contribution in [1.82, 2.24) is 15.5 Å². The number of rotatable bonds is 7. The highest BCUT2D eigenvalue weighted by molar-refractivity contribution is 5.86. The fourth-order valence-corrected chi connectivity index (χ4v) is 2.12. The van der Waals surface area contributed by atoms with Gasteiger partial charge in [0.25, 0.3) is 0 Å². The molecule has 1 amide bonds. The molecule has 26 heavy (non-hydrogen) atoms. The minimum absolute atomic E-state index is 0.00286. The van der Waals surface area contributed by atoms with E-state index in [1.807, 2.05) is 39.8 Å². The zero-order valence-corrected chi connectivity index (χ0v) is 17.3.